The van der Waals surface area contributed by atoms with Crippen LogP contribution in [0, 0.1) is 5.41 Å². The third-order valence-electron chi connectivity index (χ3n) is 2.02. The molecule has 0 aromatic rings. The molecule has 0 bridgehead atoms. The molecular weight excluding hydrogens is 190 g/mol. The van der Waals surface area contributed by atoms with E-state index in [1.165, 1.54) is 6.08 Å². The summed E-state index contributed by atoms with van der Waals surface area (Å²) >= 11 is 0. The molecule has 1 saturated carbocycles. The Balaban J connectivity index is 2.39. The van der Waals surface area contributed by atoms with Gasteiger partial charge < -0.3 is 0 Å². The highest BCUT2D eigenvalue weighted by Gasteiger charge is 2.40. The second-order valence-corrected chi connectivity index (χ2v) is 4.89. The fraction of sp³-hybridized carbons (Fsp3) is 0.571. The van der Waals surface area contributed by atoms with Crippen molar-refractivity contribution in [2.45, 2.75) is 25.8 Å². The van der Waals surface area contributed by atoms with Gasteiger partial charge >= 0.3 is 10.2 Å². The number of nitrogens with zero attached hydrogens (tertiary/aromatic N) is 1. The molecule has 0 atom stereocenters. The van der Waals surface area contributed by atoms with E-state index in [9.17, 15) is 8.42 Å². The second-order valence-electron chi connectivity index (χ2n) is 3.35. The standard InChI is InChI=1S/C7H11N3O2S/c1-5-4-7(8)10(6-2-3-6)13(11,12)9-5/h4,6,8-9H,2-3H2,1H3. The lowest BCUT2D eigenvalue weighted by molar-refractivity contribution is 0.504. The van der Waals surface area contributed by atoms with Crippen LogP contribution in [-0.2, 0) is 10.2 Å². The monoisotopic (exact) mass is 201 g/mol. The van der Waals surface area contributed by atoms with Gasteiger partial charge in [-0.25, -0.2) is 4.31 Å². The van der Waals surface area contributed by atoms with Crippen molar-refractivity contribution in [3.63, 3.8) is 0 Å². The smallest absolute Gasteiger partial charge is 0.284 e. The zero-order valence-corrected chi connectivity index (χ0v) is 8.06. The summed E-state index contributed by atoms with van der Waals surface area (Å²) in [6.45, 7) is 1.64. The Bertz CT molecular complexity index is 381. The van der Waals surface area contributed by atoms with E-state index in [0.717, 1.165) is 17.1 Å². The van der Waals surface area contributed by atoms with Crippen LogP contribution >= 0.6 is 0 Å². The van der Waals surface area contributed by atoms with E-state index in [-0.39, 0.29) is 11.9 Å². The molecule has 1 aliphatic heterocycles. The molecule has 2 aliphatic rings. The topological polar surface area (TPSA) is 73.3 Å². The summed E-state index contributed by atoms with van der Waals surface area (Å²) in [6.07, 6.45) is 3.24. The minimum atomic E-state index is -3.47. The number of hydrogen-bond acceptors (Lipinski definition) is 3. The lowest BCUT2D eigenvalue weighted by Gasteiger charge is -2.27. The fourth-order valence-electron chi connectivity index (χ4n) is 1.38. The molecule has 0 saturated heterocycles. The van der Waals surface area contributed by atoms with Crippen LogP contribution in [0.2, 0.25) is 0 Å². The Morgan fingerprint density at radius 3 is 2.69 bits per heavy atom. The Hall–Kier alpha value is -1.04. The van der Waals surface area contributed by atoms with Crippen molar-refractivity contribution >= 4 is 16.0 Å². The average Bonchev–Trinajstić information content (AvgIpc) is 2.65. The van der Waals surface area contributed by atoms with Gasteiger partial charge in [0.1, 0.15) is 5.84 Å². The minimum absolute atomic E-state index is 0.00866. The number of amidine groups is 1. The van der Waals surface area contributed by atoms with Crippen LogP contribution in [0.15, 0.2) is 11.8 Å². The van der Waals surface area contributed by atoms with Crippen molar-refractivity contribution in [2.24, 2.45) is 0 Å². The molecular formula is C7H11N3O2S. The van der Waals surface area contributed by atoms with Gasteiger partial charge in [0.25, 0.3) is 0 Å². The molecule has 72 valence electrons. The van der Waals surface area contributed by atoms with E-state index in [0.29, 0.717) is 5.70 Å². The highest BCUT2D eigenvalue weighted by molar-refractivity contribution is 7.88. The van der Waals surface area contributed by atoms with Gasteiger partial charge in [-0.05, 0) is 19.8 Å². The lowest BCUT2D eigenvalue weighted by atomic mass is 10.4. The van der Waals surface area contributed by atoms with Crippen molar-refractivity contribution in [3.8, 4) is 0 Å². The molecule has 0 spiro atoms. The molecule has 6 heteroatoms. The number of nitrogens with one attached hydrogen (secondary N) is 2. The van der Waals surface area contributed by atoms with Crippen LogP contribution in [0.4, 0.5) is 0 Å². The molecule has 5 nitrogen and oxygen atoms in total. The second kappa shape index (κ2) is 2.47. The Morgan fingerprint density at radius 1 is 1.62 bits per heavy atom. The highest BCUT2D eigenvalue weighted by atomic mass is 32.2. The molecule has 2 rings (SSSR count). The van der Waals surface area contributed by atoms with Crippen molar-refractivity contribution in [3.05, 3.63) is 11.8 Å². The SMILES string of the molecule is CC1=CC(=N)N(C2CC2)S(=O)(=O)N1. The zero-order chi connectivity index (χ0) is 9.64. The van der Waals surface area contributed by atoms with Crippen LogP contribution in [0.25, 0.3) is 0 Å². The van der Waals surface area contributed by atoms with Gasteiger partial charge in [-0.3, -0.25) is 10.1 Å². The summed E-state index contributed by atoms with van der Waals surface area (Å²) in [5.74, 6) is 0.0683. The third-order valence-corrected chi connectivity index (χ3v) is 3.61. The minimum Gasteiger partial charge on any atom is -0.284 e. The van der Waals surface area contributed by atoms with Gasteiger partial charge in [0, 0.05) is 17.8 Å². The summed E-state index contributed by atoms with van der Waals surface area (Å²) < 4.78 is 26.6. The molecule has 0 aromatic heterocycles. The van der Waals surface area contributed by atoms with E-state index < -0.39 is 10.2 Å². The molecule has 1 aliphatic carbocycles. The zero-order valence-electron chi connectivity index (χ0n) is 7.24. The molecule has 13 heavy (non-hydrogen) atoms. The van der Waals surface area contributed by atoms with Gasteiger partial charge in [0.15, 0.2) is 0 Å². The van der Waals surface area contributed by atoms with Crippen molar-refractivity contribution in [1.82, 2.24) is 9.03 Å². The van der Waals surface area contributed by atoms with E-state index >= 15 is 0 Å². The molecule has 0 aromatic carbocycles. The van der Waals surface area contributed by atoms with Crippen LogP contribution in [0.5, 0.6) is 0 Å². The predicted octanol–water partition coefficient (Wildman–Crippen LogP) is 0.180. The van der Waals surface area contributed by atoms with Crippen molar-refractivity contribution in [2.75, 3.05) is 0 Å². The van der Waals surface area contributed by atoms with Crippen LogP contribution in [-0.4, -0.2) is 24.6 Å². The number of rotatable bonds is 1. The first-order chi connectivity index (χ1) is 6.00. The first-order valence-corrected chi connectivity index (χ1v) is 5.54. The summed E-state index contributed by atoms with van der Waals surface area (Å²) in [4.78, 5) is 0. The highest BCUT2D eigenvalue weighted by Crippen LogP contribution is 2.30. The maximum absolute atomic E-state index is 11.5. The van der Waals surface area contributed by atoms with Crippen molar-refractivity contribution in [1.29, 1.82) is 5.41 Å². The van der Waals surface area contributed by atoms with E-state index in [2.05, 4.69) is 4.72 Å². The summed E-state index contributed by atoms with van der Waals surface area (Å²) in [5, 5.41) is 7.53. The molecule has 0 amide bonds. The molecule has 0 unspecified atom stereocenters. The summed E-state index contributed by atoms with van der Waals surface area (Å²) in [7, 11) is -3.47. The van der Waals surface area contributed by atoms with Gasteiger partial charge in [0.2, 0.25) is 0 Å². The largest absolute Gasteiger partial charge is 0.325 e. The number of allylic oxidation sites excluding steroid dienone is 1. The molecule has 1 heterocycles. The Morgan fingerprint density at radius 2 is 2.23 bits per heavy atom. The van der Waals surface area contributed by atoms with Gasteiger partial charge in [-0.2, -0.15) is 8.42 Å². The quantitative estimate of drug-likeness (QED) is 0.635. The summed E-state index contributed by atoms with van der Waals surface area (Å²) in [6, 6.07) is 0.00866. The number of hydrogen-bond donors (Lipinski definition) is 2. The average molecular weight is 201 g/mol. The lowest BCUT2D eigenvalue weighted by Crippen LogP contribution is -2.47. The van der Waals surface area contributed by atoms with Gasteiger partial charge in [0.05, 0.1) is 0 Å². The third kappa shape index (κ3) is 1.41. The maximum atomic E-state index is 11.5. The van der Waals surface area contributed by atoms with Crippen LogP contribution in [0.3, 0.4) is 0 Å². The Labute approximate surface area is 77.1 Å². The fourth-order valence-corrected chi connectivity index (χ4v) is 2.86. The van der Waals surface area contributed by atoms with Gasteiger partial charge in [-0.1, -0.05) is 0 Å². The normalized spacial score (nSPS) is 26.7. The summed E-state index contributed by atoms with van der Waals surface area (Å²) in [5.41, 5.74) is 0.502. The van der Waals surface area contributed by atoms with E-state index in [1.54, 1.807) is 6.92 Å². The first kappa shape index (κ1) is 8.55. The first-order valence-electron chi connectivity index (χ1n) is 4.10. The van der Waals surface area contributed by atoms with Gasteiger partial charge in [-0.15, -0.1) is 0 Å². The Kier molecular flexibility index (Phi) is 1.63. The van der Waals surface area contributed by atoms with Crippen LogP contribution < -0.4 is 4.72 Å². The molecule has 2 N–H and O–H groups in total. The molecule has 0 radical (unpaired) electrons. The maximum Gasteiger partial charge on any atom is 0.325 e. The predicted molar refractivity (Wildman–Crippen MR) is 48.4 cm³/mol. The van der Waals surface area contributed by atoms with Crippen molar-refractivity contribution < 1.29 is 8.42 Å². The van der Waals surface area contributed by atoms with E-state index in [1.807, 2.05) is 0 Å². The van der Waals surface area contributed by atoms with Crippen LogP contribution in [0.1, 0.15) is 19.8 Å². The van der Waals surface area contributed by atoms with E-state index in [4.69, 9.17) is 5.41 Å². The molecule has 1 fully saturated rings.